The van der Waals surface area contributed by atoms with Crippen molar-refractivity contribution < 1.29 is 14.7 Å². The molecule has 0 heterocycles. The third kappa shape index (κ3) is 3.33. The summed E-state index contributed by atoms with van der Waals surface area (Å²) in [6.07, 6.45) is 0. The molecule has 0 rings (SSSR count). The quantitative estimate of drug-likeness (QED) is 0.646. The largest absolute Gasteiger partial charge is 0.480 e. The summed E-state index contributed by atoms with van der Waals surface area (Å²) in [5, 5.41) is 11.6. The molecule has 5 nitrogen and oxygen atoms in total. The molecular weight excluding hydrogens is 184 g/mol. The zero-order chi connectivity index (χ0) is 11.3. The molecule has 0 saturated carbocycles. The van der Waals surface area contributed by atoms with Gasteiger partial charge in [-0.15, -0.1) is 0 Å². The molecule has 0 radical (unpaired) electrons. The summed E-state index contributed by atoms with van der Waals surface area (Å²) < 4.78 is 0. The minimum Gasteiger partial charge on any atom is -0.480 e. The van der Waals surface area contributed by atoms with Crippen LogP contribution in [0.1, 0.15) is 13.8 Å². The minimum atomic E-state index is -0.988. The second-order valence-corrected chi connectivity index (χ2v) is 3.42. The van der Waals surface area contributed by atoms with Crippen LogP contribution >= 0.6 is 0 Å². The van der Waals surface area contributed by atoms with Gasteiger partial charge in [0.15, 0.2) is 0 Å². The molecule has 82 valence electrons. The van der Waals surface area contributed by atoms with Crippen LogP contribution in [0.15, 0.2) is 0 Å². The molecule has 5 heteroatoms. The summed E-state index contributed by atoms with van der Waals surface area (Å²) in [6, 6.07) is -0.776. The van der Waals surface area contributed by atoms with Crippen LogP contribution in [0, 0.1) is 5.92 Å². The van der Waals surface area contributed by atoms with Gasteiger partial charge in [-0.3, -0.25) is 4.79 Å². The van der Waals surface area contributed by atoms with Crippen molar-refractivity contribution in [1.29, 1.82) is 0 Å². The Kier molecular flexibility index (Phi) is 5.15. The van der Waals surface area contributed by atoms with Gasteiger partial charge in [-0.25, -0.2) is 4.79 Å². The molecule has 1 amide bonds. The number of carboxylic acids is 1. The average Bonchev–Trinajstić information content (AvgIpc) is 2.14. The number of likely N-dealkylation sites (N-methyl/N-ethyl adjacent to an activating group) is 1. The maximum atomic E-state index is 11.6. The van der Waals surface area contributed by atoms with Crippen molar-refractivity contribution in [2.45, 2.75) is 19.9 Å². The maximum Gasteiger partial charge on any atom is 0.326 e. The van der Waals surface area contributed by atoms with E-state index in [2.05, 4.69) is 5.32 Å². The lowest BCUT2D eigenvalue weighted by molar-refractivity contribution is -0.149. The molecule has 0 spiro atoms. The first-order valence-electron chi connectivity index (χ1n) is 4.55. The summed E-state index contributed by atoms with van der Waals surface area (Å²) in [6.45, 7) is 3.81. The minimum absolute atomic E-state index is 0.158. The molecule has 2 atom stereocenters. The standard InChI is InChI=1S/C9H18N2O3/c1-6(5-10-3)8(12)11(4)7(2)9(13)14/h6-7,10H,5H2,1-4H3,(H,13,14). The fraction of sp³-hybridized carbons (Fsp3) is 0.778. The Morgan fingerprint density at radius 1 is 1.43 bits per heavy atom. The average molecular weight is 202 g/mol. The van der Waals surface area contributed by atoms with Crippen molar-refractivity contribution in [1.82, 2.24) is 10.2 Å². The highest BCUT2D eigenvalue weighted by molar-refractivity contribution is 5.84. The van der Waals surface area contributed by atoms with Crippen molar-refractivity contribution in [3.63, 3.8) is 0 Å². The number of nitrogens with one attached hydrogen (secondary N) is 1. The zero-order valence-corrected chi connectivity index (χ0v) is 9.07. The Hall–Kier alpha value is -1.10. The molecule has 0 fully saturated rings. The molecular formula is C9H18N2O3. The van der Waals surface area contributed by atoms with Crippen LogP contribution < -0.4 is 5.32 Å². The second kappa shape index (κ2) is 5.59. The van der Waals surface area contributed by atoms with E-state index in [1.165, 1.54) is 18.9 Å². The number of carbonyl (C=O) groups excluding carboxylic acids is 1. The topological polar surface area (TPSA) is 69.6 Å². The molecule has 0 bridgehead atoms. The molecule has 0 aliphatic heterocycles. The van der Waals surface area contributed by atoms with E-state index in [1.807, 2.05) is 0 Å². The Morgan fingerprint density at radius 3 is 2.29 bits per heavy atom. The number of hydrogen-bond acceptors (Lipinski definition) is 3. The number of nitrogens with zero attached hydrogens (tertiary/aromatic N) is 1. The van der Waals surface area contributed by atoms with Crippen LogP contribution in [0.2, 0.25) is 0 Å². The van der Waals surface area contributed by atoms with Gasteiger partial charge in [0.2, 0.25) is 5.91 Å². The first-order chi connectivity index (χ1) is 6.41. The Bertz CT molecular complexity index is 218. The molecule has 0 aromatic heterocycles. The SMILES string of the molecule is CNCC(C)C(=O)N(C)C(C)C(=O)O. The van der Waals surface area contributed by atoms with Gasteiger partial charge in [0.1, 0.15) is 6.04 Å². The van der Waals surface area contributed by atoms with E-state index >= 15 is 0 Å². The smallest absolute Gasteiger partial charge is 0.326 e. The molecule has 0 aliphatic carbocycles. The molecule has 2 unspecified atom stereocenters. The van der Waals surface area contributed by atoms with Crippen molar-refractivity contribution in [3.05, 3.63) is 0 Å². The summed E-state index contributed by atoms with van der Waals surface area (Å²) >= 11 is 0. The van der Waals surface area contributed by atoms with Crippen LogP contribution in [-0.2, 0) is 9.59 Å². The van der Waals surface area contributed by atoms with Gasteiger partial charge in [0.25, 0.3) is 0 Å². The number of rotatable bonds is 5. The molecule has 0 aromatic carbocycles. The van der Waals surface area contributed by atoms with Gasteiger partial charge in [-0.2, -0.15) is 0 Å². The summed E-state index contributed by atoms with van der Waals surface area (Å²) in [7, 11) is 3.26. The van der Waals surface area contributed by atoms with Crippen LogP contribution in [0.25, 0.3) is 0 Å². The maximum absolute atomic E-state index is 11.6. The van der Waals surface area contributed by atoms with Crippen molar-refractivity contribution in [3.8, 4) is 0 Å². The van der Waals surface area contributed by atoms with Crippen molar-refractivity contribution >= 4 is 11.9 Å². The predicted octanol–water partition coefficient (Wildman–Crippen LogP) is -0.227. The van der Waals surface area contributed by atoms with E-state index in [0.29, 0.717) is 6.54 Å². The van der Waals surface area contributed by atoms with Gasteiger partial charge >= 0.3 is 5.97 Å². The van der Waals surface area contributed by atoms with Crippen molar-refractivity contribution in [2.24, 2.45) is 5.92 Å². The molecule has 0 aromatic rings. The second-order valence-electron chi connectivity index (χ2n) is 3.42. The number of aliphatic carboxylic acids is 1. The molecule has 14 heavy (non-hydrogen) atoms. The van der Waals surface area contributed by atoms with Gasteiger partial charge in [0.05, 0.1) is 0 Å². The number of carbonyl (C=O) groups is 2. The first-order valence-corrected chi connectivity index (χ1v) is 4.55. The third-order valence-electron chi connectivity index (χ3n) is 2.22. The highest BCUT2D eigenvalue weighted by Crippen LogP contribution is 2.04. The fourth-order valence-corrected chi connectivity index (χ4v) is 1.10. The van der Waals surface area contributed by atoms with Crippen LogP contribution in [-0.4, -0.2) is 48.6 Å². The van der Waals surface area contributed by atoms with Crippen LogP contribution in [0.4, 0.5) is 0 Å². The number of carboxylic acid groups (broad SMARTS) is 1. The summed E-state index contributed by atoms with van der Waals surface area (Å²) in [4.78, 5) is 23.5. The highest BCUT2D eigenvalue weighted by Gasteiger charge is 2.24. The van der Waals surface area contributed by atoms with Gasteiger partial charge in [-0.1, -0.05) is 6.92 Å². The predicted molar refractivity (Wildman–Crippen MR) is 53.0 cm³/mol. The van der Waals surface area contributed by atoms with Gasteiger partial charge in [-0.05, 0) is 14.0 Å². The normalized spacial score (nSPS) is 14.6. The fourth-order valence-electron chi connectivity index (χ4n) is 1.10. The lowest BCUT2D eigenvalue weighted by Crippen LogP contribution is -2.44. The van der Waals surface area contributed by atoms with E-state index < -0.39 is 12.0 Å². The van der Waals surface area contributed by atoms with Gasteiger partial charge in [0, 0.05) is 19.5 Å². The van der Waals surface area contributed by atoms with E-state index in [9.17, 15) is 9.59 Å². The third-order valence-corrected chi connectivity index (χ3v) is 2.22. The molecule has 0 saturated heterocycles. The number of amides is 1. The number of hydrogen-bond donors (Lipinski definition) is 2. The van der Waals surface area contributed by atoms with E-state index in [1.54, 1.807) is 14.0 Å². The summed E-state index contributed by atoms with van der Waals surface area (Å²) in [5.74, 6) is -1.35. The first kappa shape index (κ1) is 12.9. The van der Waals surface area contributed by atoms with Gasteiger partial charge < -0.3 is 15.3 Å². The lowest BCUT2D eigenvalue weighted by Gasteiger charge is -2.24. The van der Waals surface area contributed by atoms with E-state index in [0.717, 1.165) is 0 Å². The molecule has 2 N–H and O–H groups in total. The monoisotopic (exact) mass is 202 g/mol. The zero-order valence-electron chi connectivity index (χ0n) is 9.07. The van der Waals surface area contributed by atoms with E-state index in [4.69, 9.17) is 5.11 Å². The van der Waals surface area contributed by atoms with Crippen LogP contribution in [0.3, 0.4) is 0 Å². The summed E-state index contributed by atoms with van der Waals surface area (Å²) in [5.41, 5.74) is 0. The Balaban J connectivity index is 4.30. The lowest BCUT2D eigenvalue weighted by atomic mass is 10.1. The van der Waals surface area contributed by atoms with Crippen LogP contribution in [0.5, 0.6) is 0 Å². The van der Waals surface area contributed by atoms with E-state index in [-0.39, 0.29) is 11.8 Å². The highest BCUT2D eigenvalue weighted by atomic mass is 16.4. The molecule has 0 aliphatic rings. The van der Waals surface area contributed by atoms with Crippen molar-refractivity contribution in [2.75, 3.05) is 20.6 Å². The Morgan fingerprint density at radius 2 is 1.93 bits per heavy atom. The Labute approximate surface area is 84.1 Å².